The predicted octanol–water partition coefficient (Wildman–Crippen LogP) is 2.66. The average Bonchev–Trinajstić information content (AvgIpc) is 2.28. The van der Waals surface area contributed by atoms with Gasteiger partial charge in [0.15, 0.2) is 0 Å². The molecule has 11 heavy (non-hydrogen) atoms. The second-order valence-electron chi connectivity index (χ2n) is 2.58. The number of thioether (sulfide) groups is 2. The molecule has 0 spiro atoms. The summed E-state index contributed by atoms with van der Waals surface area (Å²) in [4.78, 5) is 4.50. The van der Waals surface area contributed by atoms with Crippen LogP contribution in [0.25, 0.3) is 0 Å². The van der Waals surface area contributed by atoms with Gasteiger partial charge in [-0.15, -0.1) is 11.8 Å². The first-order valence-electron chi connectivity index (χ1n) is 4.05. The van der Waals surface area contributed by atoms with Crippen molar-refractivity contribution in [3.05, 3.63) is 0 Å². The third-order valence-electron chi connectivity index (χ3n) is 1.83. The van der Waals surface area contributed by atoms with Crippen molar-refractivity contribution in [1.82, 2.24) is 0 Å². The predicted molar refractivity (Wildman–Crippen MR) is 57.0 cm³/mol. The molecular weight excluding hydrogens is 174 g/mol. The minimum absolute atomic E-state index is 0.823. The summed E-state index contributed by atoms with van der Waals surface area (Å²) in [7, 11) is 0. The number of hydrogen-bond acceptors (Lipinski definition) is 3. The fourth-order valence-corrected chi connectivity index (χ4v) is 2.85. The summed E-state index contributed by atoms with van der Waals surface area (Å²) in [6.45, 7) is 3.29. The molecule has 1 nitrogen and oxygen atoms in total. The summed E-state index contributed by atoms with van der Waals surface area (Å²) in [6.07, 6.45) is 4.61. The Hall–Kier alpha value is 0.370. The highest BCUT2D eigenvalue weighted by molar-refractivity contribution is 8.13. The van der Waals surface area contributed by atoms with E-state index in [4.69, 9.17) is 0 Å². The van der Waals surface area contributed by atoms with E-state index in [2.05, 4.69) is 29.9 Å². The zero-order valence-corrected chi connectivity index (χ0v) is 8.80. The molecule has 0 radical (unpaired) electrons. The van der Waals surface area contributed by atoms with E-state index >= 15 is 0 Å². The topological polar surface area (TPSA) is 12.4 Å². The van der Waals surface area contributed by atoms with Crippen LogP contribution < -0.4 is 0 Å². The van der Waals surface area contributed by atoms with Crippen LogP contribution in [0.15, 0.2) is 4.99 Å². The van der Waals surface area contributed by atoms with Gasteiger partial charge in [0, 0.05) is 24.0 Å². The molecule has 1 aliphatic rings. The van der Waals surface area contributed by atoms with Gasteiger partial charge in [0.25, 0.3) is 0 Å². The molecule has 0 aromatic heterocycles. The van der Waals surface area contributed by atoms with Gasteiger partial charge in [0.05, 0.1) is 5.04 Å². The zero-order chi connectivity index (χ0) is 8.10. The Morgan fingerprint density at radius 2 is 2.55 bits per heavy atom. The van der Waals surface area contributed by atoms with Crippen LogP contribution in [0.5, 0.6) is 0 Å². The van der Waals surface area contributed by atoms with Crippen LogP contribution in [-0.2, 0) is 0 Å². The van der Waals surface area contributed by atoms with Gasteiger partial charge >= 0.3 is 0 Å². The third-order valence-corrected chi connectivity index (χ3v) is 3.98. The summed E-state index contributed by atoms with van der Waals surface area (Å²) in [5, 5.41) is 2.17. The van der Waals surface area contributed by atoms with Crippen LogP contribution in [0, 0.1) is 0 Å². The lowest BCUT2D eigenvalue weighted by molar-refractivity contribution is 0.865. The van der Waals surface area contributed by atoms with E-state index in [1.807, 2.05) is 11.8 Å². The molecule has 1 rings (SSSR count). The second-order valence-corrected chi connectivity index (χ2v) is 4.87. The lowest BCUT2D eigenvalue weighted by Crippen LogP contribution is -2.04. The molecule has 0 aromatic rings. The van der Waals surface area contributed by atoms with E-state index < -0.39 is 0 Å². The standard InChI is InChI=1S/C8H15NS2/c1-3-7-6-8(10-2)9-4-5-11-7/h7H,3-6H2,1-2H3. The van der Waals surface area contributed by atoms with Crippen LogP contribution in [0.4, 0.5) is 0 Å². The molecule has 1 aliphatic heterocycles. The van der Waals surface area contributed by atoms with E-state index in [9.17, 15) is 0 Å². The number of nitrogens with zero attached hydrogens (tertiary/aromatic N) is 1. The van der Waals surface area contributed by atoms with Crippen LogP contribution in [0.1, 0.15) is 19.8 Å². The van der Waals surface area contributed by atoms with Gasteiger partial charge in [-0.25, -0.2) is 0 Å². The highest BCUT2D eigenvalue weighted by Gasteiger charge is 2.12. The van der Waals surface area contributed by atoms with Crippen LogP contribution >= 0.6 is 23.5 Å². The first kappa shape index (κ1) is 9.46. The van der Waals surface area contributed by atoms with Crippen molar-refractivity contribution in [3.8, 4) is 0 Å². The molecule has 0 aromatic carbocycles. The Balaban J connectivity index is 2.45. The molecule has 1 heterocycles. The molecule has 0 saturated heterocycles. The van der Waals surface area contributed by atoms with E-state index in [1.165, 1.54) is 23.6 Å². The first-order valence-corrected chi connectivity index (χ1v) is 6.33. The fourth-order valence-electron chi connectivity index (χ4n) is 1.12. The normalized spacial score (nSPS) is 26.0. The van der Waals surface area contributed by atoms with Gasteiger partial charge in [0.1, 0.15) is 0 Å². The summed E-state index contributed by atoms with van der Waals surface area (Å²) in [5.74, 6) is 1.21. The Labute approximate surface area is 77.4 Å². The van der Waals surface area contributed by atoms with Crippen LogP contribution in [0.3, 0.4) is 0 Å². The Morgan fingerprint density at radius 3 is 3.18 bits per heavy atom. The van der Waals surface area contributed by atoms with Gasteiger partial charge in [-0.1, -0.05) is 6.92 Å². The largest absolute Gasteiger partial charge is 0.282 e. The van der Waals surface area contributed by atoms with E-state index in [-0.39, 0.29) is 0 Å². The molecule has 64 valence electrons. The molecule has 0 bridgehead atoms. The van der Waals surface area contributed by atoms with Gasteiger partial charge in [-0.3, -0.25) is 4.99 Å². The smallest absolute Gasteiger partial charge is 0.0684 e. The highest BCUT2D eigenvalue weighted by atomic mass is 32.2. The molecule has 0 N–H and O–H groups in total. The quantitative estimate of drug-likeness (QED) is 0.629. The van der Waals surface area contributed by atoms with Crippen LogP contribution in [-0.4, -0.2) is 28.8 Å². The summed E-state index contributed by atoms with van der Waals surface area (Å²) in [6, 6.07) is 0. The van der Waals surface area contributed by atoms with Crippen molar-refractivity contribution >= 4 is 28.6 Å². The average molecular weight is 189 g/mol. The van der Waals surface area contributed by atoms with Gasteiger partial charge in [0.2, 0.25) is 0 Å². The summed E-state index contributed by atoms with van der Waals surface area (Å²) in [5.41, 5.74) is 0. The molecular formula is C8H15NS2. The Bertz CT molecular complexity index is 145. The minimum Gasteiger partial charge on any atom is -0.282 e. The van der Waals surface area contributed by atoms with Crippen molar-refractivity contribution in [3.63, 3.8) is 0 Å². The Kier molecular flexibility index (Phi) is 4.38. The molecule has 0 amide bonds. The summed E-state index contributed by atoms with van der Waals surface area (Å²) < 4.78 is 0. The Morgan fingerprint density at radius 1 is 1.73 bits per heavy atom. The molecule has 1 unspecified atom stereocenters. The van der Waals surface area contributed by atoms with Crippen molar-refractivity contribution in [2.24, 2.45) is 4.99 Å². The lowest BCUT2D eigenvalue weighted by Gasteiger charge is -2.10. The second kappa shape index (κ2) is 5.09. The van der Waals surface area contributed by atoms with Gasteiger partial charge < -0.3 is 0 Å². The van der Waals surface area contributed by atoms with E-state index in [0.29, 0.717) is 0 Å². The van der Waals surface area contributed by atoms with Gasteiger partial charge in [-0.2, -0.15) is 11.8 Å². The monoisotopic (exact) mass is 189 g/mol. The SMILES string of the molecule is CCC1CC(SC)=NCCS1. The zero-order valence-electron chi connectivity index (χ0n) is 7.17. The lowest BCUT2D eigenvalue weighted by atomic mass is 10.2. The fraction of sp³-hybridized carbons (Fsp3) is 0.875. The van der Waals surface area contributed by atoms with E-state index in [1.54, 1.807) is 0 Å². The third kappa shape index (κ3) is 3.08. The highest BCUT2D eigenvalue weighted by Crippen LogP contribution is 2.23. The van der Waals surface area contributed by atoms with Crippen LogP contribution in [0.2, 0.25) is 0 Å². The number of aliphatic imine (C=N–C) groups is 1. The van der Waals surface area contributed by atoms with Crippen molar-refractivity contribution in [2.75, 3.05) is 18.6 Å². The van der Waals surface area contributed by atoms with Crippen molar-refractivity contribution < 1.29 is 0 Å². The number of hydrogen-bond donors (Lipinski definition) is 0. The van der Waals surface area contributed by atoms with Crippen molar-refractivity contribution in [2.45, 2.75) is 25.0 Å². The molecule has 0 fully saturated rings. The summed E-state index contributed by atoms with van der Waals surface area (Å²) >= 11 is 3.89. The maximum atomic E-state index is 4.50. The molecule has 0 aliphatic carbocycles. The molecule has 1 atom stereocenters. The maximum Gasteiger partial charge on any atom is 0.0684 e. The number of rotatable bonds is 1. The molecule has 0 saturated carbocycles. The van der Waals surface area contributed by atoms with E-state index in [0.717, 1.165) is 11.8 Å². The molecule has 3 heteroatoms. The van der Waals surface area contributed by atoms with Crippen molar-refractivity contribution in [1.29, 1.82) is 0 Å². The minimum atomic E-state index is 0.823. The van der Waals surface area contributed by atoms with Gasteiger partial charge in [-0.05, 0) is 12.7 Å². The first-order chi connectivity index (χ1) is 5.36. The maximum absolute atomic E-state index is 4.50.